The molecule has 0 fully saturated rings. The second-order valence-electron chi connectivity index (χ2n) is 0.408. The summed E-state index contributed by atoms with van der Waals surface area (Å²) >= 11 is 0. The van der Waals surface area contributed by atoms with Gasteiger partial charge in [-0.15, -0.1) is 0 Å². The molecule has 0 aliphatic heterocycles. The molecular formula is H2CdO5S-2. The molecule has 0 amide bonds. The zero-order chi connectivity index (χ0) is 4.50. The van der Waals surface area contributed by atoms with Crippen LogP contribution < -0.4 is 0 Å². The van der Waals surface area contributed by atoms with E-state index in [1.54, 1.807) is 0 Å². The van der Waals surface area contributed by atoms with E-state index < -0.39 is 10.4 Å². The van der Waals surface area contributed by atoms with Gasteiger partial charge in [-0.1, -0.05) is 0 Å². The molecule has 42 valence electrons. The fourth-order valence-electron chi connectivity index (χ4n) is 0. The molecule has 2 N–H and O–H groups in total. The maximum absolute atomic E-state index is 8.52. The zero-order valence-electron chi connectivity index (χ0n) is 3.25. The molecule has 0 unspecified atom stereocenters. The Hall–Kier alpha value is 0.752. The van der Waals surface area contributed by atoms with Crippen molar-refractivity contribution in [1.82, 2.24) is 0 Å². The van der Waals surface area contributed by atoms with Gasteiger partial charge in [0.05, 0.1) is 0 Å². The summed E-state index contributed by atoms with van der Waals surface area (Å²) in [5.41, 5.74) is 0. The van der Waals surface area contributed by atoms with Gasteiger partial charge in [0, 0.05) is 37.7 Å². The van der Waals surface area contributed by atoms with Gasteiger partial charge in [0.2, 0.25) is 0 Å². The molecule has 0 atom stereocenters. The van der Waals surface area contributed by atoms with Gasteiger partial charge in [-0.3, -0.25) is 8.42 Å². The van der Waals surface area contributed by atoms with Crippen molar-refractivity contribution in [2.24, 2.45) is 0 Å². The Morgan fingerprint density at radius 3 is 1.14 bits per heavy atom. The van der Waals surface area contributed by atoms with Gasteiger partial charge in [0.1, 0.15) is 0 Å². The molecule has 0 aromatic rings. The Morgan fingerprint density at radius 2 is 1.14 bits per heavy atom. The Morgan fingerprint density at radius 1 is 1.14 bits per heavy atom. The smallest absolute Gasteiger partial charge is 0.0311 e. The van der Waals surface area contributed by atoms with E-state index in [4.69, 9.17) is 17.5 Å². The molecule has 7 heavy (non-hydrogen) atoms. The van der Waals surface area contributed by atoms with Crippen molar-refractivity contribution < 1.29 is 50.3 Å². The minimum atomic E-state index is -5.17. The van der Waals surface area contributed by atoms with Crippen LogP contribution in [0.15, 0.2) is 0 Å². The van der Waals surface area contributed by atoms with Crippen molar-refractivity contribution in [2.45, 2.75) is 0 Å². The molecule has 0 heterocycles. The van der Waals surface area contributed by atoms with Crippen LogP contribution in [-0.2, 0) is 37.7 Å². The van der Waals surface area contributed by atoms with Gasteiger partial charge in [-0.2, -0.15) is 0 Å². The van der Waals surface area contributed by atoms with E-state index in [0.29, 0.717) is 0 Å². The Labute approximate surface area is 60.8 Å². The summed E-state index contributed by atoms with van der Waals surface area (Å²) in [4.78, 5) is 0. The first-order valence-electron chi connectivity index (χ1n) is 0.667. The van der Waals surface area contributed by atoms with Crippen LogP contribution in [-0.4, -0.2) is 23.0 Å². The van der Waals surface area contributed by atoms with Crippen LogP contribution in [0.3, 0.4) is 0 Å². The predicted octanol–water partition coefficient (Wildman–Crippen LogP) is -2.17. The second kappa shape index (κ2) is 4.90. The fraction of sp³-hybridized carbons (Fsp3) is 0. The molecule has 0 aliphatic carbocycles. The number of rotatable bonds is 0. The van der Waals surface area contributed by atoms with E-state index in [1.807, 2.05) is 0 Å². The Bertz CT molecular complexity index is 91.2. The van der Waals surface area contributed by atoms with Crippen LogP contribution in [0.25, 0.3) is 0 Å². The molecule has 7 heteroatoms. The van der Waals surface area contributed by atoms with Crippen molar-refractivity contribution >= 4 is 10.4 Å². The van der Waals surface area contributed by atoms with Crippen molar-refractivity contribution in [3.63, 3.8) is 0 Å². The molecular weight excluding hydrogens is 224 g/mol. The van der Waals surface area contributed by atoms with Gasteiger partial charge in [0.15, 0.2) is 0 Å². The normalized spacial score (nSPS) is 8.29. The van der Waals surface area contributed by atoms with Crippen LogP contribution in [0.5, 0.6) is 0 Å². The van der Waals surface area contributed by atoms with Gasteiger partial charge in [-0.25, -0.2) is 0 Å². The van der Waals surface area contributed by atoms with Gasteiger partial charge in [0.25, 0.3) is 0 Å². The van der Waals surface area contributed by atoms with Crippen molar-refractivity contribution in [2.75, 3.05) is 0 Å². The average molecular weight is 226 g/mol. The van der Waals surface area contributed by atoms with Crippen LogP contribution >= 0.6 is 0 Å². The van der Waals surface area contributed by atoms with E-state index in [1.165, 1.54) is 0 Å². The van der Waals surface area contributed by atoms with E-state index in [9.17, 15) is 0 Å². The van der Waals surface area contributed by atoms with Gasteiger partial charge in [-0.05, 0) is 0 Å². The van der Waals surface area contributed by atoms with Gasteiger partial charge < -0.3 is 14.6 Å². The minimum Gasteiger partial charge on any atom is -0.759 e. The average Bonchev–Trinajstić information content (AvgIpc) is 0.722. The largest absolute Gasteiger partial charge is 0.759 e. The molecule has 0 aromatic carbocycles. The van der Waals surface area contributed by atoms with Crippen molar-refractivity contribution in [3.8, 4) is 0 Å². The quantitative estimate of drug-likeness (QED) is 0.266. The Balaban J connectivity index is -0.0000000800. The predicted molar refractivity (Wildman–Crippen MR) is 14.1 cm³/mol. The molecule has 0 spiro atoms. The summed E-state index contributed by atoms with van der Waals surface area (Å²) in [5, 5.41) is 0. The third kappa shape index (κ3) is 270. The first-order chi connectivity index (χ1) is 2.00. The monoisotopic (exact) mass is 228 g/mol. The third-order valence-electron chi connectivity index (χ3n) is 0. The molecule has 0 rings (SSSR count). The first-order valence-corrected chi connectivity index (χ1v) is 2.00. The molecule has 5 nitrogen and oxygen atoms in total. The zero-order valence-corrected chi connectivity index (χ0v) is 8.10. The summed E-state index contributed by atoms with van der Waals surface area (Å²) in [6, 6.07) is 0. The molecule has 0 radical (unpaired) electrons. The maximum atomic E-state index is 8.52. The summed E-state index contributed by atoms with van der Waals surface area (Å²) < 4.78 is 34.1. The number of hydrogen-bond acceptors (Lipinski definition) is 4. The van der Waals surface area contributed by atoms with Gasteiger partial charge >= 0.3 is 0 Å². The van der Waals surface area contributed by atoms with Crippen molar-refractivity contribution in [1.29, 1.82) is 0 Å². The molecule has 0 aromatic heterocycles. The van der Waals surface area contributed by atoms with Crippen molar-refractivity contribution in [3.05, 3.63) is 0 Å². The summed E-state index contributed by atoms with van der Waals surface area (Å²) in [6.45, 7) is 0. The van der Waals surface area contributed by atoms with Crippen LogP contribution in [0.2, 0.25) is 0 Å². The Kier molecular flexibility index (Phi) is 11.0. The van der Waals surface area contributed by atoms with Crippen LogP contribution in [0.1, 0.15) is 0 Å². The SMILES string of the molecule is O.O=S(=O)([O-])[O-].[Cd]. The first kappa shape index (κ1) is 15.7. The fourth-order valence-corrected chi connectivity index (χ4v) is 0. The summed E-state index contributed by atoms with van der Waals surface area (Å²) in [5.74, 6) is 0. The van der Waals surface area contributed by atoms with E-state index in [2.05, 4.69) is 0 Å². The van der Waals surface area contributed by atoms with E-state index >= 15 is 0 Å². The third-order valence-corrected chi connectivity index (χ3v) is 0. The van der Waals surface area contributed by atoms with Crippen LogP contribution in [0.4, 0.5) is 0 Å². The van der Waals surface area contributed by atoms with E-state index in [-0.39, 0.29) is 32.8 Å². The van der Waals surface area contributed by atoms with E-state index in [0.717, 1.165) is 0 Å². The summed E-state index contributed by atoms with van der Waals surface area (Å²) in [7, 11) is -5.17. The second-order valence-corrected chi connectivity index (χ2v) is 1.22. The van der Waals surface area contributed by atoms with Crippen LogP contribution in [0, 0.1) is 0 Å². The number of hydrogen-bond donors (Lipinski definition) is 0. The standard InChI is InChI=1S/Cd.H2O4S.H2O/c;1-5(2,3)4;/h;(H2,1,2,3,4);1H2/p-2. The maximum Gasteiger partial charge on any atom is 0.0311 e. The molecule has 0 saturated heterocycles. The molecule has 0 bridgehead atoms. The molecule has 0 aliphatic rings. The minimum absolute atomic E-state index is 0. The summed E-state index contributed by atoms with van der Waals surface area (Å²) in [6.07, 6.45) is 0. The topological polar surface area (TPSA) is 112 Å². The molecule has 0 saturated carbocycles.